The first-order chi connectivity index (χ1) is 8.95. The zero-order chi connectivity index (χ0) is 13.9. The molecule has 0 nitrogen and oxygen atoms in total. The van der Waals surface area contributed by atoms with Gasteiger partial charge in [0.05, 0.1) is 5.56 Å². The molecule has 19 heavy (non-hydrogen) atoms. The Morgan fingerprint density at radius 1 is 0.895 bits per heavy atom. The maximum absolute atomic E-state index is 12.4. The number of hydrogen-bond acceptors (Lipinski definition) is 1. The van der Waals surface area contributed by atoms with Gasteiger partial charge in [0.1, 0.15) is 0 Å². The normalized spacial score (nSPS) is 11.6. The van der Waals surface area contributed by atoms with Crippen LogP contribution in [0.1, 0.15) is 11.1 Å². The van der Waals surface area contributed by atoms with E-state index in [4.69, 9.17) is 11.6 Å². The molecule has 0 heterocycles. The summed E-state index contributed by atoms with van der Waals surface area (Å²) in [5, 5.41) is 0.666. The van der Waals surface area contributed by atoms with Crippen LogP contribution in [0.4, 0.5) is 13.2 Å². The van der Waals surface area contributed by atoms with Crippen molar-refractivity contribution in [3.05, 3.63) is 64.7 Å². The molecule has 0 saturated carbocycles. The van der Waals surface area contributed by atoms with Crippen LogP contribution in [0.2, 0.25) is 5.02 Å². The highest BCUT2D eigenvalue weighted by Gasteiger charge is 2.29. The molecule has 0 spiro atoms. The first-order valence-electron chi connectivity index (χ1n) is 5.50. The van der Waals surface area contributed by atoms with E-state index in [0.717, 1.165) is 22.6 Å². The van der Waals surface area contributed by atoms with Crippen LogP contribution in [0.15, 0.2) is 53.4 Å². The van der Waals surface area contributed by atoms with Gasteiger partial charge in [-0.1, -0.05) is 23.7 Å². The van der Waals surface area contributed by atoms with E-state index in [1.54, 1.807) is 23.9 Å². The fraction of sp³-hybridized carbons (Fsp3) is 0.143. The number of benzene rings is 2. The van der Waals surface area contributed by atoms with E-state index >= 15 is 0 Å². The molecule has 0 aliphatic heterocycles. The molecule has 0 aromatic heterocycles. The van der Waals surface area contributed by atoms with Gasteiger partial charge in [-0.2, -0.15) is 13.2 Å². The van der Waals surface area contributed by atoms with E-state index in [2.05, 4.69) is 0 Å². The summed E-state index contributed by atoms with van der Waals surface area (Å²) in [6.07, 6.45) is -4.28. The Bertz CT molecular complexity index is 532. The lowest BCUT2D eigenvalue weighted by atomic mass is 10.1. The molecule has 2 rings (SSSR count). The summed E-state index contributed by atoms with van der Waals surface area (Å²) >= 11 is 7.33. The molecule has 2 aromatic carbocycles. The monoisotopic (exact) mass is 302 g/mol. The van der Waals surface area contributed by atoms with Crippen LogP contribution < -0.4 is 0 Å². The van der Waals surface area contributed by atoms with Crippen LogP contribution in [-0.2, 0) is 11.9 Å². The van der Waals surface area contributed by atoms with Crippen molar-refractivity contribution in [2.75, 3.05) is 0 Å². The predicted molar refractivity (Wildman–Crippen MR) is 72.5 cm³/mol. The second-order valence-electron chi connectivity index (χ2n) is 3.94. The van der Waals surface area contributed by atoms with Gasteiger partial charge in [0, 0.05) is 15.7 Å². The summed E-state index contributed by atoms with van der Waals surface area (Å²) < 4.78 is 37.2. The lowest BCUT2D eigenvalue weighted by molar-refractivity contribution is -0.137. The van der Waals surface area contributed by atoms with Gasteiger partial charge in [-0.15, -0.1) is 11.8 Å². The molecule has 0 radical (unpaired) electrons. The third kappa shape index (κ3) is 4.18. The summed E-state index contributed by atoms with van der Waals surface area (Å²) in [5.41, 5.74) is 0.237. The van der Waals surface area contributed by atoms with Gasteiger partial charge >= 0.3 is 6.18 Å². The van der Waals surface area contributed by atoms with Crippen molar-refractivity contribution in [2.24, 2.45) is 0 Å². The molecule has 0 fully saturated rings. The van der Waals surface area contributed by atoms with Gasteiger partial charge in [-0.25, -0.2) is 0 Å². The van der Waals surface area contributed by atoms with Crippen molar-refractivity contribution in [1.82, 2.24) is 0 Å². The molecule has 0 atom stereocenters. The number of rotatable bonds is 3. The molecule has 0 aliphatic rings. The molecule has 0 aliphatic carbocycles. The Morgan fingerprint density at radius 2 is 1.47 bits per heavy atom. The Labute approximate surface area is 118 Å². The van der Waals surface area contributed by atoms with E-state index < -0.39 is 11.7 Å². The third-order valence-electron chi connectivity index (χ3n) is 2.50. The highest BCUT2D eigenvalue weighted by Crippen LogP contribution is 2.30. The second kappa shape index (κ2) is 5.88. The summed E-state index contributed by atoms with van der Waals surface area (Å²) in [5.74, 6) is 0.625. The smallest absolute Gasteiger partial charge is 0.166 e. The average molecular weight is 303 g/mol. The number of hydrogen-bond donors (Lipinski definition) is 0. The Balaban J connectivity index is 1.98. The first kappa shape index (κ1) is 14.3. The van der Waals surface area contributed by atoms with Crippen LogP contribution in [0.25, 0.3) is 0 Å². The number of thioether (sulfide) groups is 1. The third-order valence-corrected chi connectivity index (χ3v) is 3.84. The van der Waals surface area contributed by atoms with Crippen molar-refractivity contribution < 1.29 is 13.2 Å². The molecular formula is C14H10ClF3S. The van der Waals surface area contributed by atoms with Gasteiger partial charge in [0.25, 0.3) is 0 Å². The quantitative estimate of drug-likeness (QED) is 0.660. The summed E-state index contributed by atoms with van der Waals surface area (Å²) in [6.45, 7) is 0. The molecule has 100 valence electrons. The van der Waals surface area contributed by atoms with E-state index in [9.17, 15) is 13.2 Å². The van der Waals surface area contributed by atoms with Crippen molar-refractivity contribution in [1.29, 1.82) is 0 Å². The standard InChI is InChI=1S/C14H10ClF3S/c15-12-5-7-13(8-6-12)19-9-10-1-3-11(4-2-10)14(16,17)18/h1-8H,9H2. The fourth-order valence-electron chi connectivity index (χ4n) is 1.49. The molecule has 0 saturated heterocycles. The molecule has 0 amide bonds. The van der Waals surface area contributed by atoms with Gasteiger partial charge in [-0.3, -0.25) is 0 Å². The van der Waals surface area contributed by atoms with Crippen LogP contribution in [0.5, 0.6) is 0 Å². The van der Waals surface area contributed by atoms with E-state index in [1.165, 1.54) is 12.1 Å². The minimum atomic E-state index is -4.28. The topological polar surface area (TPSA) is 0 Å². The lowest BCUT2D eigenvalue weighted by Gasteiger charge is -2.07. The maximum atomic E-state index is 12.4. The molecule has 0 N–H and O–H groups in total. The molecule has 2 aromatic rings. The Morgan fingerprint density at radius 3 is 2.00 bits per heavy atom. The van der Waals surface area contributed by atoms with Crippen molar-refractivity contribution >= 4 is 23.4 Å². The average Bonchev–Trinajstić information content (AvgIpc) is 2.37. The van der Waals surface area contributed by atoms with Gasteiger partial charge in [0.2, 0.25) is 0 Å². The van der Waals surface area contributed by atoms with E-state index in [1.807, 2.05) is 12.1 Å². The summed E-state index contributed by atoms with van der Waals surface area (Å²) in [7, 11) is 0. The van der Waals surface area contributed by atoms with Crippen LogP contribution in [-0.4, -0.2) is 0 Å². The minimum Gasteiger partial charge on any atom is -0.166 e. The predicted octanol–water partition coefficient (Wildman–Crippen LogP) is 5.65. The van der Waals surface area contributed by atoms with Crippen LogP contribution in [0.3, 0.4) is 0 Å². The largest absolute Gasteiger partial charge is 0.416 e. The first-order valence-corrected chi connectivity index (χ1v) is 6.86. The van der Waals surface area contributed by atoms with E-state index in [-0.39, 0.29) is 0 Å². The highest BCUT2D eigenvalue weighted by molar-refractivity contribution is 7.98. The lowest BCUT2D eigenvalue weighted by Crippen LogP contribution is -2.04. The second-order valence-corrected chi connectivity index (χ2v) is 5.42. The Hall–Kier alpha value is -1.13. The molecular weight excluding hydrogens is 293 g/mol. The minimum absolute atomic E-state index is 0.618. The summed E-state index contributed by atoms with van der Waals surface area (Å²) in [4.78, 5) is 1.03. The SMILES string of the molecule is FC(F)(F)c1ccc(CSc2ccc(Cl)cc2)cc1. The molecule has 5 heteroatoms. The van der Waals surface area contributed by atoms with E-state index in [0.29, 0.717) is 10.8 Å². The number of halogens is 4. The highest BCUT2D eigenvalue weighted by atomic mass is 35.5. The van der Waals surface area contributed by atoms with Crippen molar-refractivity contribution in [3.8, 4) is 0 Å². The maximum Gasteiger partial charge on any atom is 0.416 e. The number of alkyl halides is 3. The van der Waals surface area contributed by atoms with Crippen LogP contribution in [0, 0.1) is 0 Å². The zero-order valence-electron chi connectivity index (χ0n) is 9.75. The fourth-order valence-corrected chi connectivity index (χ4v) is 2.47. The van der Waals surface area contributed by atoms with Gasteiger partial charge < -0.3 is 0 Å². The zero-order valence-corrected chi connectivity index (χ0v) is 11.3. The summed E-state index contributed by atoms with van der Waals surface area (Å²) in [6, 6.07) is 12.6. The Kier molecular flexibility index (Phi) is 4.42. The van der Waals surface area contributed by atoms with Crippen LogP contribution >= 0.6 is 23.4 Å². The van der Waals surface area contributed by atoms with Crippen molar-refractivity contribution in [2.45, 2.75) is 16.8 Å². The molecule has 0 unspecified atom stereocenters. The molecule has 0 bridgehead atoms. The van der Waals surface area contributed by atoms with Crippen molar-refractivity contribution in [3.63, 3.8) is 0 Å². The van der Waals surface area contributed by atoms with Gasteiger partial charge in [0.15, 0.2) is 0 Å². The van der Waals surface area contributed by atoms with Gasteiger partial charge in [-0.05, 0) is 42.0 Å².